The van der Waals surface area contributed by atoms with Crippen LogP contribution in [-0.4, -0.2) is 0 Å². The number of aryl methyl sites for hydroxylation is 1. The zero-order valence-corrected chi connectivity index (χ0v) is 30.2. The van der Waals surface area contributed by atoms with Gasteiger partial charge >= 0.3 is 0 Å². The second kappa shape index (κ2) is 11.6. The first kappa shape index (κ1) is 29.9. The van der Waals surface area contributed by atoms with Gasteiger partial charge in [0.05, 0.1) is 0 Å². The summed E-state index contributed by atoms with van der Waals surface area (Å²) in [6.45, 7) is 2.15. The van der Waals surface area contributed by atoms with Crippen LogP contribution in [0.2, 0.25) is 0 Å². The molecule has 0 bridgehead atoms. The molecule has 9 aromatic carbocycles. The minimum Gasteiger partial charge on any atom is -0.134 e. The molecule has 0 amide bonds. The first-order chi connectivity index (χ1) is 25.7. The van der Waals surface area contributed by atoms with Crippen molar-refractivity contribution in [1.29, 1.82) is 0 Å². The van der Waals surface area contributed by atoms with Crippen LogP contribution < -0.4 is 0 Å². The van der Waals surface area contributed by atoms with Gasteiger partial charge in [-0.15, -0.1) is 22.7 Å². The summed E-state index contributed by atoms with van der Waals surface area (Å²) in [6.07, 6.45) is 5.42. The van der Waals surface area contributed by atoms with Gasteiger partial charge in [0.15, 0.2) is 0 Å². The van der Waals surface area contributed by atoms with E-state index in [2.05, 4.69) is 171 Å². The molecule has 0 radical (unpaired) electrons. The van der Waals surface area contributed by atoms with Gasteiger partial charge in [-0.05, 0) is 80.4 Å². The normalized spacial score (nSPS) is 12.3. The van der Waals surface area contributed by atoms with Crippen LogP contribution in [0.5, 0.6) is 0 Å². The predicted molar refractivity (Wildman–Crippen MR) is 231 cm³/mol. The molecule has 0 saturated carbocycles. The Labute approximate surface area is 309 Å². The smallest absolute Gasteiger partial charge is 0.0440 e. The highest BCUT2D eigenvalue weighted by Crippen LogP contribution is 2.52. The maximum Gasteiger partial charge on any atom is 0.0440 e. The maximum atomic E-state index is 2.40. The van der Waals surface area contributed by atoms with Crippen LogP contribution in [0.4, 0.5) is 0 Å². The van der Waals surface area contributed by atoms with Crippen molar-refractivity contribution in [3.63, 3.8) is 0 Å². The van der Waals surface area contributed by atoms with Gasteiger partial charge in [0.25, 0.3) is 0 Å². The average Bonchev–Trinajstić information content (AvgIpc) is 3.78. The van der Waals surface area contributed by atoms with E-state index in [1.165, 1.54) is 112 Å². The van der Waals surface area contributed by atoms with Gasteiger partial charge in [0.2, 0.25) is 0 Å². The van der Waals surface area contributed by atoms with Gasteiger partial charge in [-0.2, -0.15) is 0 Å². The molecule has 11 rings (SSSR count). The third-order valence-electron chi connectivity index (χ3n) is 10.9. The Bertz CT molecular complexity index is 3170. The number of hydrogen-bond donors (Lipinski definition) is 0. The highest BCUT2D eigenvalue weighted by molar-refractivity contribution is 7.27. The van der Waals surface area contributed by atoms with E-state index in [9.17, 15) is 0 Å². The number of benzene rings is 9. The largest absolute Gasteiger partial charge is 0.134 e. The van der Waals surface area contributed by atoms with E-state index < -0.39 is 0 Å². The van der Waals surface area contributed by atoms with Crippen LogP contribution in [-0.2, 0) is 6.42 Å². The Morgan fingerprint density at radius 2 is 0.923 bits per heavy atom. The molecule has 2 heteroatoms. The molecule has 244 valence electrons. The molecule has 0 spiro atoms. The lowest BCUT2D eigenvalue weighted by atomic mass is 9.89. The molecular weight excluding hydrogens is 665 g/mol. The number of allylic oxidation sites excluding steroid dienone is 1. The van der Waals surface area contributed by atoms with Gasteiger partial charge in [-0.25, -0.2) is 0 Å². The lowest BCUT2D eigenvalue weighted by Crippen LogP contribution is -1.86. The van der Waals surface area contributed by atoms with Gasteiger partial charge in [0.1, 0.15) is 0 Å². The molecule has 0 aliphatic carbocycles. The van der Waals surface area contributed by atoms with E-state index in [1.54, 1.807) is 0 Å². The molecule has 52 heavy (non-hydrogen) atoms. The van der Waals surface area contributed by atoms with E-state index >= 15 is 0 Å². The van der Waals surface area contributed by atoms with Crippen molar-refractivity contribution >= 4 is 101 Å². The van der Waals surface area contributed by atoms with E-state index in [1.807, 2.05) is 22.7 Å². The van der Waals surface area contributed by atoms with E-state index in [-0.39, 0.29) is 0 Å². The molecule has 0 fully saturated rings. The highest BCUT2D eigenvalue weighted by Gasteiger charge is 2.22. The Kier molecular flexibility index (Phi) is 6.67. The fourth-order valence-corrected chi connectivity index (χ4v) is 11.0. The number of rotatable bonds is 5. The minimum atomic E-state index is 0.942. The molecule has 0 saturated heterocycles. The van der Waals surface area contributed by atoms with Crippen molar-refractivity contribution in [3.8, 4) is 22.3 Å². The summed E-state index contributed by atoms with van der Waals surface area (Å²) in [5.41, 5.74) is 8.90. The zero-order valence-electron chi connectivity index (χ0n) is 28.6. The Morgan fingerprint density at radius 1 is 0.423 bits per heavy atom. The Balaban J connectivity index is 1.06. The molecule has 0 unspecified atom stereocenters. The molecule has 0 N–H and O–H groups in total. The first-order valence-corrected chi connectivity index (χ1v) is 19.6. The number of fused-ring (bicyclic) bond motifs is 10. The third-order valence-corrected chi connectivity index (χ3v) is 13.3. The maximum absolute atomic E-state index is 2.40. The Morgan fingerprint density at radius 3 is 1.48 bits per heavy atom. The summed E-state index contributed by atoms with van der Waals surface area (Å²) < 4.78 is 5.46. The lowest BCUT2D eigenvalue weighted by Gasteiger charge is -2.14. The molecule has 0 atom stereocenters. The van der Waals surface area contributed by atoms with Crippen molar-refractivity contribution in [2.45, 2.75) is 13.3 Å². The Hall–Kier alpha value is -5.80. The van der Waals surface area contributed by atoms with Gasteiger partial charge in [-0.3, -0.25) is 0 Å². The van der Waals surface area contributed by atoms with Crippen LogP contribution in [0.1, 0.15) is 16.7 Å². The molecule has 2 aromatic heterocycles. The monoisotopic (exact) mass is 696 g/mol. The van der Waals surface area contributed by atoms with Crippen molar-refractivity contribution in [2.24, 2.45) is 0 Å². The SMILES string of the molecule is Cc1ccc(-c2ccc3c(c2)sc2c4cccc5c6c7ccc(-c8ccc(/C=C/Cc9ccccc9)cc8)cc7sc6c6cccc(c32)c6c45)cc1. The molecule has 0 aliphatic heterocycles. The topological polar surface area (TPSA) is 0 Å². The predicted octanol–water partition coefficient (Wildman–Crippen LogP) is 15.2. The summed E-state index contributed by atoms with van der Waals surface area (Å²) in [5.74, 6) is 0. The standard InChI is InChI=1S/C50H32S2/c1-30-16-20-33(21-17-30)35-24-26-37-43(28-35)51-49-41-14-7-13-40-46(41)45-39(47(37)49)12-6-15-42(45)50-48(40)38-27-25-36(29-44(38)52-50)34-22-18-32(19-23-34)11-5-10-31-8-3-2-4-9-31/h2-9,11-29H,10H2,1H3/b11-5+. The summed E-state index contributed by atoms with van der Waals surface area (Å²) >= 11 is 3.89. The van der Waals surface area contributed by atoms with Crippen LogP contribution in [0.25, 0.3) is 101 Å². The van der Waals surface area contributed by atoms with E-state index in [0.717, 1.165) is 6.42 Å². The lowest BCUT2D eigenvalue weighted by molar-refractivity contribution is 1.28. The van der Waals surface area contributed by atoms with Crippen molar-refractivity contribution in [3.05, 3.63) is 174 Å². The van der Waals surface area contributed by atoms with Gasteiger partial charge < -0.3 is 0 Å². The third kappa shape index (κ3) is 4.58. The summed E-state index contributed by atoms with van der Waals surface area (Å²) in [5, 5.41) is 13.7. The average molecular weight is 697 g/mol. The van der Waals surface area contributed by atoms with E-state index in [4.69, 9.17) is 0 Å². The molecule has 0 nitrogen and oxygen atoms in total. The van der Waals surface area contributed by atoms with Crippen molar-refractivity contribution in [2.75, 3.05) is 0 Å². The molecule has 0 aliphatic rings. The fourth-order valence-electron chi connectivity index (χ4n) is 8.38. The first-order valence-electron chi connectivity index (χ1n) is 18.0. The fraction of sp³-hybridized carbons (Fsp3) is 0.0400. The minimum absolute atomic E-state index is 0.942. The van der Waals surface area contributed by atoms with Crippen LogP contribution in [0.15, 0.2) is 158 Å². The van der Waals surface area contributed by atoms with Gasteiger partial charge in [-0.1, -0.05) is 157 Å². The highest BCUT2D eigenvalue weighted by atomic mass is 32.1. The number of thiophene rings is 2. The summed E-state index contributed by atoms with van der Waals surface area (Å²) in [7, 11) is 0. The van der Waals surface area contributed by atoms with E-state index in [0.29, 0.717) is 0 Å². The second-order valence-electron chi connectivity index (χ2n) is 14.1. The zero-order chi connectivity index (χ0) is 34.3. The summed E-state index contributed by atoms with van der Waals surface area (Å²) in [6, 6.07) is 56.6. The second-order valence-corrected chi connectivity index (χ2v) is 16.2. The molecule has 2 heterocycles. The van der Waals surface area contributed by atoms with Crippen LogP contribution in [0.3, 0.4) is 0 Å². The van der Waals surface area contributed by atoms with Gasteiger partial charge in [0, 0.05) is 51.1 Å². The number of hydrogen-bond acceptors (Lipinski definition) is 2. The quantitative estimate of drug-likeness (QED) is 0.157. The van der Waals surface area contributed by atoms with Crippen molar-refractivity contribution < 1.29 is 0 Å². The van der Waals surface area contributed by atoms with Crippen LogP contribution >= 0.6 is 22.7 Å². The summed E-state index contributed by atoms with van der Waals surface area (Å²) in [4.78, 5) is 0. The van der Waals surface area contributed by atoms with Crippen molar-refractivity contribution in [1.82, 2.24) is 0 Å². The molecule has 11 aromatic rings. The molecular formula is C50H32S2. The van der Waals surface area contributed by atoms with Crippen LogP contribution in [0, 0.1) is 6.92 Å².